The van der Waals surface area contributed by atoms with Crippen LogP contribution in [0.3, 0.4) is 0 Å². The van der Waals surface area contributed by atoms with Crippen molar-refractivity contribution in [2.45, 2.75) is 30.8 Å². The summed E-state index contributed by atoms with van der Waals surface area (Å²) in [6.07, 6.45) is 1.32. The third-order valence-corrected chi connectivity index (χ3v) is 6.27. The van der Waals surface area contributed by atoms with Crippen molar-refractivity contribution in [3.63, 3.8) is 0 Å². The van der Waals surface area contributed by atoms with Crippen LogP contribution in [0.15, 0.2) is 48.5 Å². The summed E-state index contributed by atoms with van der Waals surface area (Å²) in [6.45, 7) is 0.939. The second-order valence-corrected chi connectivity index (χ2v) is 7.77. The van der Waals surface area contributed by atoms with E-state index in [1.54, 1.807) is 12.0 Å². The number of hydrogen-bond acceptors (Lipinski definition) is 5. The molecular formula is C24H26N2O4. The largest absolute Gasteiger partial charge is 0.496 e. The number of aliphatic hydroxyl groups is 1. The molecule has 0 aliphatic carbocycles. The van der Waals surface area contributed by atoms with E-state index in [4.69, 9.17) is 9.47 Å². The third kappa shape index (κ3) is 3.45. The molecule has 0 radical (unpaired) electrons. The highest BCUT2D eigenvalue weighted by atomic mass is 16.5. The van der Waals surface area contributed by atoms with Gasteiger partial charge in [-0.25, -0.2) is 0 Å². The smallest absolute Gasteiger partial charge is 0.227 e. The number of nitrogens with zero attached hydrogens (tertiary/aromatic N) is 2. The number of methoxy groups -OCH3 is 1. The lowest BCUT2D eigenvalue weighted by molar-refractivity contribution is -0.154. The Balaban J connectivity index is 1.69. The Hall–Kier alpha value is -2.88. The number of likely N-dealkylation sites (tertiary alicyclic amines) is 1. The maximum absolute atomic E-state index is 13.1. The average Bonchev–Trinajstić information content (AvgIpc) is 2.80. The van der Waals surface area contributed by atoms with Gasteiger partial charge >= 0.3 is 0 Å². The van der Waals surface area contributed by atoms with Gasteiger partial charge in [0.1, 0.15) is 11.8 Å². The molecule has 0 aromatic heterocycles. The third-order valence-electron chi connectivity index (χ3n) is 6.27. The number of amides is 1. The number of rotatable bonds is 5. The summed E-state index contributed by atoms with van der Waals surface area (Å²) in [6, 6.07) is 16.9. The van der Waals surface area contributed by atoms with Gasteiger partial charge in [0.2, 0.25) is 5.91 Å². The van der Waals surface area contributed by atoms with Crippen molar-refractivity contribution in [2.75, 3.05) is 26.9 Å². The quantitative estimate of drug-likeness (QED) is 0.825. The van der Waals surface area contributed by atoms with Crippen molar-refractivity contribution in [1.29, 1.82) is 5.26 Å². The van der Waals surface area contributed by atoms with Crippen LogP contribution in [0.25, 0.3) is 11.1 Å². The van der Waals surface area contributed by atoms with Gasteiger partial charge in [-0.1, -0.05) is 42.5 Å². The van der Waals surface area contributed by atoms with Gasteiger partial charge < -0.3 is 19.5 Å². The van der Waals surface area contributed by atoms with Gasteiger partial charge in [0, 0.05) is 30.6 Å². The number of aliphatic hydroxyl groups excluding tert-OH is 1. The van der Waals surface area contributed by atoms with Crippen LogP contribution in [-0.2, 0) is 9.53 Å². The molecule has 1 amide bonds. The van der Waals surface area contributed by atoms with Gasteiger partial charge in [0.15, 0.2) is 0 Å². The summed E-state index contributed by atoms with van der Waals surface area (Å²) < 4.78 is 10.9. The van der Waals surface area contributed by atoms with E-state index >= 15 is 0 Å². The monoisotopic (exact) mass is 406 g/mol. The highest BCUT2D eigenvalue weighted by molar-refractivity contribution is 5.82. The lowest BCUT2D eigenvalue weighted by Crippen LogP contribution is -2.66. The molecule has 30 heavy (non-hydrogen) atoms. The molecule has 2 fully saturated rings. The Bertz CT molecular complexity index is 948. The lowest BCUT2D eigenvalue weighted by Gasteiger charge is -2.53. The van der Waals surface area contributed by atoms with Gasteiger partial charge in [0.05, 0.1) is 25.8 Å². The van der Waals surface area contributed by atoms with Crippen LogP contribution >= 0.6 is 0 Å². The Morgan fingerprint density at radius 3 is 2.50 bits per heavy atom. The molecule has 0 saturated carbocycles. The number of benzene rings is 2. The van der Waals surface area contributed by atoms with E-state index in [0.29, 0.717) is 26.1 Å². The summed E-state index contributed by atoms with van der Waals surface area (Å²) in [4.78, 5) is 14.7. The van der Waals surface area contributed by atoms with E-state index in [2.05, 4.69) is 6.07 Å². The number of ether oxygens (including phenoxy) is 2. The van der Waals surface area contributed by atoms with Crippen LogP contribution in [0.2, 0.25) is 0 Å². The molecule has 2 aliphatic heterocycles. The Morgan fingerprint density at radius 2 is 1.83 bits per heavy atom. The molecule has 156 valence electrons. The number of nitriles is 1. The molecule has 0 bridgehead atoms. The maximum atomic E-state index is 13.1. The first-order valence-corrected chi connectivity index (χ1v) is 10.3. The van der Waals surface area contributed by atoms with E-state index in [-0.39, 0.29) is 24.3 Å². The second kappa shape index (κ2) is 8.86. The molecule has 2 aromatic rings. The van der Waals surface area contributed by atoms with E-state index in [1.165, 1.54) is 0 Å². The minimum absolute atomic E-state index is 0.0464. The number of hydrogen-bond donors (Lipinski definition) is 1. The van der Waals surface area contributed by atoms with Crippen molar-refractivity contribution < 1.29 is 19.4 Å². The van der Waals surface area contributed by atoms with Crippen molar-refractivity contribution >= 4 is 5.91 Å². The first kappa shape index (κ1) is 20.4. The Kier molecular flexibility index (Phi) is 6.03. The van der Waals surface area contributed by atoms with Crippen LogP contribution in [0, 0.1) is 17.2 Å². The fraction of sp³-hybridized carbons (Fsp3) is 0.417. The van der Waals surface area contributed by atoms with Crippen LogP contribution < -0.4 is 4.74 Å². The van der Waals surface area contributed by atoms with Gasteiger partial charge in [0.25, 0.3) is 0 Å². The summed E-state index contributed by atoms with van der Waals surface area (Å²) in [5.74, 6) is 0.294. The highest BCUT2D eigenvalue weighted by Gasteiger charge is 2.53. The molecule has 1 N–H and O–H groups in total. The van der Waals surface area contributed by atoms with Gasteiger partial charge in [-0.2, -0.15) is 5.26 Å². The highest BCUT2D eigenvalue weighted by Crippen LogP contribution is 2.46. The fourth-order valence-electron chi connectivity index (χ4n) is 4.74. The fourth-order valence-corrected chi connectivity index (χ4v) is 4.74. The van der Waals surface area contributed by atoms with Crippen LogP contribution in [0.5, 0.6) is 5.75 Å². The zero-order valence-corrected chi connectivity index (χ0v) is 17.0. The predicted octanol–water partition coefficient (Wildman–Crippen LogP) is 2.97. The molecule has 0 spiro atoms. The molecule has 2 aliphatic rings. The molecular weight excluding hydrogens is 380 g/mol. The number of carbonyl (C=O) groups excluding carboxylic acids is 1. The minimum Gasteiger partial charge on any atom is -0.496 e. The molecule has 3 atom stereocenters. The number of carbonyl (C=O) groups is 1. The topological polar surface area (TPSA) is 82.8 Å². The summed E-state index contributed by atoms with van der Waals surface area (Å²) in [5, 5.41) is 20.1. The van der Waals surface area contributed by atoms with Gasteiger partial charge in [-0.15, -0.1) is 0 Å². The molecule has 4 rings (SSSR count). The normalized spacial score (nSPS) is 24.0. The Morgan fingerprint density at radius 1 is 1.17 bits per heavy atom. The Labute approximate surface area is 176 Å². The zero-order chi connectivity index (χ0) is 21.1. The summed E-state index contributed by atoms with van der Waals surface area (Å²) >= 11 is 0. The first-order valence-electron chi connectivity index (χ1n) is 10.3. The molecule has 6 heteroatoms. The second-order valence-electron chi connectivity index (χ2n) is 7.77. The molecule has 6 nitrogen and oxygen atoms in total. The van der Waals surface area contributed by atoms with Crippen molar-refractivity contribution in [3.8, 4) is 22.9 Å². The zero-order valence-electron chi connectivity index (χ0n) is 17.0. The van der Waals surface area contributed by atoms with E-state index in [0.717, 1.165) is 22.4 Å². The van der Waals surface area contributed by atoms with Gasteiger partial charge in [-0.3, -0.25) is 4.79 Å². The molecule has 2 aromatic carbocycles. The molecule has 0 unspecified atom stereocenters. The van der Waals surface area contributed by atoms with Crippen molar-refractivity contribution in [2.24, 2.45) is 5.92 Å². The van der Waals surface area contributed by atoms with E-state index < -0.39 is 12.1 Å². The SMILES string of the molecule is COc1ccccc1-c1ccccc1[C@@H]1[C@@H](C#N)N(C(=O)C2CCOCC2)[C@H]1CO. The summed E-state index contributed by atoms with van der Waals surface area (Å²) in [5.41, 5.74) is 2.83. The molecule has 2 heterocycles. The van der Waals surface area contributed by atoms with Crippen molar-refractivity contribution in [1.82, 2.24) is 4.90 Å². The standard InChI is InChI=1S/C24H26N2O4/c1-29-22-9-5-4-7-18(22)17-6-2-3-8-19(17)23-20(14-25)26(21(23)15-27)24(28)16-10-12-30-13-11-16/h2-9,16,20-21,23,27H,10-13,15H2,1H3/t20-,21+,23-/m1/s1. The average molecular weight is 406 g/mol. The first-order chi connectivity index (χ1) is 14.7. The van der Waals surface area contributed by atoms with Crippen LogP contribution in [0.1, 0.15) is 24.3 Å². The molecule has 2 saturated heterocycles. The van der Waals surface area contributed by atoms with E-state index in [9.17, 15) is 15.2 Å². The van der Waals surface area contributed by atoms with E-state index in [1.807, 2.05) is 48.5 Å². The van der Waals surface area contributed by atoms with Crippen molar-refractivity contribution in [3.05, 3.63) is 54.1 Å². The maximum Gasteiger partial charge on any atom is 0.227 e. The van der Waals surface area contributed by atoms with Gasteiger partial charge in [-0.05, 0) is 30.0 Å². The minimum atomic E-state index is -0.603. The number of para-hydroxylation sites is 1. The van der Waals surface area contributed by atoms with Crippen LogP contribution in [-0.4, -0.2) is 54.9 Å². The predicted molar refractivity (Wildman–Crippen MR) is 112 cm³/mol. The van der Waals surface area contributed by atoms with Crippen LogP contribution in [0.4, 0.5) is 0 Å². The summed E-state index contributed by atoms with van der Waals surface area (Å²) in [7, 11) is 1.63. The lowest BCUT2D eigenvalue weighted by atomic mass is 9.72.